The van der Waals surface area contributed by atoms with E-state index in [1.807, 2.05) is 11.4 Å². The third-order valence-electron chi connectivity index (χ3n) is 1.28. The highest BCUT2D eigenvalue weighted by molar-refractivity contribution is 7.16. The minimum absolute atomic E-state index is 0.289. The SMILES string of the molecule is O=c1cncc2ccsc2n1. The summed E-state index contributed by atoms with van der Waals surface area (Å²) in [7, 11) is 0. The van der Waals surface area contributed by atoms with Crippen molar-refractivity contribution in [3.8, 4) is 0 Å². The molecule has 0 aliphatic carbocycles. The van der Waals surface area contributed by atoms with E-state index in [2.05, 4.69) is 9.97 Å². The van der Waals surface area contributed by atoms with Gasteiger partial charge >= 0.3 is 0 Å². The molecule has 0 atom stereocenters. The van der Waals surface area contributed by atoms with Crippen LogP contribution in [0, 0.1) is 0 Å². The van der Waals surface area contributed by atoms with E-state index in [0.29, 0.717) is 0 Å². The van der Waals surface area contributed by atoms with Gasteiger partial charge in [-0.2, -0.15) is 4.98 Å². The molecule has 0 saturated carbocycles. The van der Waals surface area contributed by atoms with Crippen molar-refractivity contribution in [1.82, 2.24) is 9.97 Å². The molecule has 0 amide bonds. The fraction of sp³-hybridized carbons (Fsp3) is 0. The van der Waals surface area contributed by atoms with E-state index < -0.39 is 0 Å². The van der Waals surface area contributed by atoms with Crippen LogP contribution in [0.1, 0.15) is 0 Å². The van der Waals surface area contributed by atoms with Crippen LogP contribution in [0.3, 0.4) is 0 Å². The lowest BCUT2D eigenvalue weighted by atomic mass is 10.4. The van der Waals surface area contributed by atoms with E-state index in [1.165, 1.54) is 17.5 Å². The van der Waals surface area contributed by atoms with Gasteiger partial charge in [0.25, 0.3) is 5.56 Å². The average Bonchev–Trinajstić information content (AvgIpc) is 2.31. The summed E-state index contributed by atoms with van der Waals surface area (Å²) in [5.41, 5.74) is -0.289. The predicted molar refractivity (Wildman–Crippen MR) is 43.7 cm³/mol. The zero-order valence-corrected chi connectivity index (χ0v) is 6.34. The van der Waals surface area contributed by atoms with Crippen LogP contribution in [0.4, 0.5) is 0 Å². The van der Waals surface area contributed by atoms with Crippen LogP contribution in [0.15, 0.2) is 28.6 Å². The molecule has 0 bridgehead atoms. The Kier molecular flexibility index (Phi) is 1.40. The van der Waals surface area contributed by atoms with Crippen LogP contribution in [0.2, 0.25) is 0 Å². The third kappa shape index (κ3) is 1.12. The van der Waals surface area contributed by atoms with E-state index >= 15 is 0 Å². The molecular formula is C7H4N2OS. The first-order valence-corrected chi connectivity index (χ1v) is 3.94. The summed E-state index contributed by atoms with van der Waals surface area (Å²) in [6.07, 6.45) is 2.85. The number of thiophene rings is 1. The molecule has 0 aliphatic rings. The molecule has 0 N–H and O–H groups in total. The molecule has 0 saturated heterocycles. The molecule has 2 heterocycles. The van der Waals surface area contributed by atoms with Gasteiger partial charge in [0.15, 0.2) is 0 Å². The highest BCUT2D eigenvalue weighted by Gasteiger charge is 1.92. The Hall–Kier alpha value is -1.29. The summed E-state index contributed by atoms with van der Waals surface area (Å²) < 4.78 is 0. The summed E-state index contributed by atoms with van der Waals surface area (Å²) in [5.74, 6) is 0. The Morgan fingerprint density at radius 1 is 1.36 bits per heavy atom. The molecule has 2 aromatic heterocycles. The fourth-order valence-corrected chi connectivity index (χ4v) is 1.55. The first-order valence-electron chi connectivity index (χ1n) is 3.06. The third-order valence-corrected chi connectivity index (χ3v) is 2.11. The van der Waals surface area contributed by atoms with E-state index in [1.54, 1.807) is 6.20 Å². The van der Waals surface area contributed by atoms with Gasteiger partial charge in [0.2, 0.25) is 0 Å². The van der Waals surface area contributed by atoms with Gasteiger partial charge in [0.05, 0.1) is 6.20 Å². The zero-order valence-electron chi connectivity index (χ0n) is 5.52. The Labute approximate surface area is 66.4 Å². The number of nitrogens with zero attached hydrogens (tertiary/aromatic N) is 2. The van der Waals surface area contributed by atoms with Crippen molar-refractivity contribution in [2.24, 2.45) is 0 Å². The maximum Gasteiger partial charge on any atom is 0.289 e. The monoisotopic (exact) mass is 164 g/mol. The lowest BCUT2D eigenvalue weighted by molar-refractivity contribution is 1.27. The lowest BCUT2D eigenvalue weighted by Gasteiger charge is -1.71. The van der Waals surface area contributed by atoms with Gasteiger partial charge in [-0.15, -0.1) is 11.3 Å². The van der Waals surface area contributed by atoms with Crippen LogP contribution >= 0.6 is 11.3 Å². The van der Waals surface area contributed by atoms with Gasteiger partial charge < -0.3 is 0 Å². The topological polar surface area (TPSA) is 42.9 Å². The van der Waals surface area contributed by atoms with Crippen LogP contribution in [-0.2, 0) is 0 Å². The highest BCUT2D eigenvalue weighted by Crippen LogP contribution is 2.13. The molecule has 0 fully saturated rings. The molecule has 11 heavy (non-hydrogen) atoms. The molecular weight excluding hydrogens is 160 g/mol. The molecule has 0 spiro atoms. The molecule has 0 unspecified atom stereocenters. The summed E-state index contributed by atoms with van der Waals surface area (Å²) in [4.78, 5) is 19.1. The maximum atomic E-state index is 10.8. The Balaban J connectivity index is 3.00. The van der Waals surface area contributed by atoms with Crippen molar-refractivity contribution >= 4 is 21.6 Å². The lowest BCUT2D eigenvalue weighted by Crippen LogP contribution is -1.97. The van der Waals surface area contributed by atoms with Gasteiger partial charge in [0.1, 0.15) is 4.83 Å². The number of hydrogen-bond donors (Lipinski definition) is 0. The number of aromatic nitrogens is 2. The average molecular weight is 164 g/mol. The first kappa shape index (κ1) is 6.42. The summed E-state index contributed by atoms with van der Waals surface area (Å²) >= 11 is 1.44. The normalized spacial score (nSPS) is 10.2. The van der Waals surface area contributed by atoms with Crippen molar-refractivity contribution < 1.29 is 0 Å². The van der Waals surface area contributed by atoms with Gasteiger partial charge in [-0.25, -0.2) is 0 Å². The number of rotatable bonds is 0. The summed E-state index contributed by atoms with van der Waals surface area (Å²) in [6, 6.07) is 1.89. The van der Waals surface area contributed by atoms with E-state index in [0.717, 1.165) is 10.2 Å². The zero-order chi connectivity index (χ0) is 7.68. The number of hydrogen-bond acceptors (Lipinski definition) is 4. The predicted octanol–water partition coefficient (Wildman–Crippen LogP) is 1.05. The summed E-state index contributed by atoms with van der Waals surface area (Å²) in [6.45, 7) is 0. The first-order chi connectivity index (χ1) is 5.36. The van der Waals surface area contributed by atoms with Gasteiger partial charge in [-0.1, -0.05) is 0 Å². The van der Waals surface area contributed by atoms with Crippen LogP contribution in [0.25, 0.3) is 10.2 Å². The van der Waals surface area contributed by atoms with Crippen LogP contribution in [-0.4, -0.2) is 9.97 Å². The maximum absolute atomic E-state index is 10.8. The fourth-order valence-electron chi connectivity index (χ4n) is 0.811. The summed E-state index contributed by atoms with van der Waals surface area (Å²) in [5, 5.41) is 2.80. The number of fused-ring (bicyclic) bond motifs is 1. The standard InChI is InChI=1S/C7H4N2OS/c10-6-4-8-3-5-1-2-11-7(5)9-6/h1-4H. The highest BCUT2D eigenvalue weighted by atomic mass is 32.1. The Morgan fingerprint density at radius 3 is 3.18 bits per heavy atom. The smallest absolute Gasteiger partial charge is 0.266 e. The second-order valence-electron chi connectivity index (χ2n) is 2.04. The van der Waals surface area contributed by atoms with Gasteiger partial charge in [0, 0.05) is 11.6 Å². The van der Waals surface area contributed by atoms with Gasteiger partial charge in [-0.05, 0) is 11.4 Å². The molecule has 2 aromatic rings. The molecule has 0 radical (unpaired) electrons. The molecule has 4 heteroatoms. The molecule has 54 valence electrons. The minimum atomic E-state index is -0.289. The molecule has 3 nitrogen and oxygen atoms in total. The quantitative estimate of drug-likeness (QED) is 0.584. The van der Waals surface area contributed by atoms with Crippen molar-refractivity contribution in [3.05, 3.63) is 34.2 Å². The molecule has 2 rings (SSSR count). The van der Waals surface area contributed by atoms with Crippen molar-refractivity contribution in [1.29, 1.82) is 0 Å². The van der Waals surface area contributed by atoms with Crippen molar-refractivity contribution in [2.75, 3.05) is 0 Å². The second kappa shape index (κ2) is 2.39. The van der Waals surface area contributed by atoms with Crippen molar-refractivity contribution in [2.45, 2.75) is 0 Å². The van der Waals surface area contributed by atoms with Crippen LogP contribution in [0.5, 0.6) is 0 Å². The van der Waals surface area contributed by atoms with Crippen LogP contribution < -0.4 is 5.56 Å². The Bertz CT molecular complexity index is 437. The molecule has 0 aliphatic heterocycles. The van der Waals surface area contributed by atoms with E-state index in [9.17, 15) is 4.79 Å². The van der Waals surface area contributed by atoms with E-state index in [-0.39, 0.29) is 5.56 Å². The minimum Gasteiger partial charge on any atom is -0.266 e. The van der Waals surface area contributed by atoms with Gasteiger partial charge in [-0.3, -0.25) is 9.78 Å². The second-order valence-corrected chi connectivity index (χ2v) is 2.93. The van der Waals surface area contributed by atoms with Crippen molar-refractivity contribution in [3.63, 3.8) is 0 Å². The molecule has 0 aromatic carbocycles. The van der Waals surface area contributed by atoms with E-state index in [4.69, 9.17) is 0 Å². The Morgan fingerprint density at radius 2 is 2.27 bits per heavy atom. The largest absolute Gasteiger partial charge is 0.289 e.